The Morgan fingerprint density at radius 3 is 2.57 bits per heavy atom. The quantitative estimate of drug-likeness (QED) is 0.667. The van der Waals surface area contributed by atoms with Crippen molar-refractivity contribution in [1.82, 2.24) is 0 Å². The molecule has 3 N–H and O–H groups in total. The Kier molecular flexibility index (Phi) is 4.72. The molecule has 0 spiro atoms. The third-order valence-electron chi connectivity index (χ3n) is 4.08. The lowest BCUT2D eigenvalue weighted by molar-refractivity contribution is 0.415. The predicted octanol–water partition coefficient (Wildman–Crippen LogP) is 3.49. The molecule has 0 fully saturated rings. The first kappa shape index (κ1) is 15.7. The maximum atomic E-state index is 6.10. The molecule has 0 atom stereocenters. The molecule has 5 heteroatoms. The minimum Gasteiger partial charge on any atom is -0.495 e. The van der Waals surface area contributed by atoms with Crippen LogP contribution in [0.4, 0.5) is 5.69 Å². The Labute approximate surface area is 141 Å². The van der Waals surface area contributed by atoms with E-state index >= 15 is 0 Å². The smallest absolute Gasteiger partial charge is 0.193 e. The van der Waals surface area contributed by atoms with Crippen LogP contribution in [0.25, 0.3) is 0 Å². The first-order valence-corrected chi connectivity index (χ1v) is 8.01. The van der Waals surface area contributed by atoms with Crippen LogP contribution in [0, 0.1) is 5.92 Å². The molecule has 3 rings (SSSR count). The first-order valence-electron chi connectivity index (χ1n) is 7.63. The zero-order valence-electron chi connectivity index (χ0n) is 13.1. The number of nitrogens with zero attached hydrogens (tertiary/aromatic N) is 1. The molecule has 2 aromatic rings. The van der Waals surface area contributed by atoms with Crippen molar-refractivity contribution in [2.45, 2.75) is 12.8 Å². The van der Waals surface area contributed by atoms with Gasteiger partial charge in [-0.15, -0.1) is 0 Å². The van der Waals surface area contributed by atoms with Crippen LogP contribution in [-0.2, 0) is 12.8 Å². The minimum absolute atomic E-state index is 0.405. The molecule has 120 valence electrons. The summed E-state index contributed by atoms with van der Waals surface area (Å²) in [6, 6.07) is 14.0. The lowest BCUT2D eigenvalue weighted by Gasteiger charge is -2.10. The van der Waals surface area contributed by atoms with Crippen LogP contribution in [0.2, 0.25) is 5.02 Å². The number of methoxy groups -OCH3 is 1. The molecular weight excluding hydrogens is 310 g/mol. The third-order valence-corrected chi connectivity index (χ3v) is 4.37. The van der Waals surface area contributed by atoms with Crippen LogP contribution in [0.3, 0.4) is 0 Å². The van der Waals surface area contributed by atoms with Crippen LogP contribution in [0.15, 0.2) is 47.5 Å². The molecule has 0 saturated heterocycles. The third kappa shape index (κ3) is 3.77. The number of aliphatic imine (C=N–C) groups is 1. The average molecular weight is 330 g/mol. The highest BCUT2D eigenvalue weighted by Gasteiger charge is 2.20. The van der Waals surface area contributed by atoms with E-state index in [2.05, 4.69) is 34.6 Å². The van der Waals surface area contributed by atoms with Gasteiger partial charge in [0.1, 0.15) is 5.75 Å². The van der Waals surface area contributed by atoms with E-state index in [4.69, 9.17) is 22.1 Å². The number of nitrogens with two attached hydrogens (primary N) is 1. The molecule has 0 aromatic heterocycles. The largest absolute Gasteiger partial charge is 0.495 e. The van der Waals surface area contributed by atoms with Crippen molar-refractivity contribution in [2.24, 2.45) is 16.6 Å². The van der Waals surface area contributed by atoms with Crippen LogP contribution >= 0.6 is 11.6 Å². The number of nitrogens with one attached hydrogen (secondary N) is 1. The molecule has 0 unspecified atom stereocenters. The molecule has 0 saturated carbocycles. The fourth-order valence-corrected chi connectivity index (χ4v) is 3.20. The molecule has 1 aliphatic carbocycles. The van der Waals surface area contributed by atoms with Gasteiger partial charge in [-0.2, -0.15) is 0 Å². The Morgan fingerprint density at radius 1 is 1.26 bits per heavy atom. The summed E-state index contributed by atoms with van der Waals surface area (Å²) in [4.78, 5) is 4.47. The van der Waals surface area contributed by atoms with E-state index in [0.29, 0.717) is 22.6 Å². The summed E-state index contributed by atoms with van der Waals surface area (Å²) < 4.78 is 5.13. The van der Waals surface area contributed by atoms with Crippen LogP contribution < -0.4 is 15.8 Å². The molecule has 23 heavy (non-hydrogen) atoms. The van der Waals surface area contributed by atoms with Gasteiger partial charge in [-0.25, -0.2) is 0 Å². The second-order valence-electron chi connectivity index (χ2n) is 5.74. The Bertz CT molecular complexity index is 705. The standard InChI is InChI=1S/C18H20ClN3O/c1-23-17-7-6-15(10-16(17)19)22-18(20)21-11-12-8-13-4-2-3-5-14(13)9-12/h2-7,10,12H,8-9,11H2,1H3,(H3,20,21,22). The van der Waals surface area contributed by atoms with Gasteiger partial charge in [0.25, 0.3) is 0 Å². The number of benzene rings is 2. The fraction of sp³-hybridized carbons (Fsp3) is 0.278. The van der Waals surface area contributed by atoms with Gasteiger partial charge >= 0.3 is 0 Å². The summed E-state index contributed by atoms with van der Waals surface area (Å²) in [5.74, 6) is 1.56. The van der Waals surface area contributed by atoms with Gasteiger partial charge in [0.2, 0.25) is 0 Å². The lowest BCUT2D eigenvalue weighted by atomic mass is 10.1. The van der Waals surface area contributed by atoms with Crippen molar-refractivity contribution in [2.75, 3.05) is 19.0 Å². The molecule has 1 aliphatic rings. The van der Waals surface area contributed by atoms with Gasteiger partial charge in [-0.1, -0.05) is 35.9 Å². The summed E-state index contributed by atoms with van der Waals surface area (Å²) in [5.41, 5.74) is 9.64. The van der Waals surface area contributed by atoms with Crippen molar-refractivity contribution in [3.8, 4) is 5.75 Å². The monoisotopic (exact) mass is 329 g/mol. The highest BCUT2D eigenvalue weighted by atomic mass is 35.5. The van der Waals surface area contributed by atoms with Gasteiger partial charge in [0.05, 0.1) is 12.1 Å². The highest BCUT2D eigenvalue weighted by Crippen LogP contribution is 2.28. The van der Waals surface area contributed by atoms with E-state index in [1.165, 1.54) is 11.1 Å². The van der Waals surface area contributed by atoms with E-state index in [9.17, 15) is 0 Å². The van der Waals surface area contributed by atoms with Crippen LogP contribution in [0.5, 0.6) is 5.75 Å². The van der Waals surface area contributed by atoms with E-state index < -0.39 is 0 Å². The molecule has 2 aromatic carbocycles. The van der Waals surface area contributed by atoms with Gasteiger partial charge in [0, 0.05) is 12.2 Å². The number of hydrogen-bond donors (Lipinski definition) is 2. The van der Waals surface area contributed by atoms with Crippen LogP contribution in [-0.4, -0.2) is 19.6 Å². The Balaban J connectivity index is 1.58. The van der Waals surface area contributed by atoms with Crippen molar-refractivity contribution in [1.29, 1.82) is 0 Å². The number of fused-ring (bicyclic) bond motifs is 1. The van der Waals surface area contributed by atoms with E-state index in [1.807, 2.05) is 6.07 Å². The second-order valence-corrected chi connectivity index (χ2v) is 6.15. The van der Waals surface area contributed by atoms with Crippen molar-refractivity contribution < 1.29 is 4.74 Å². The molecule has 0 bridgehead atoms. The zero-order chi connectivity index (χ0) is 16.2. The highest BCUT2D eigenvalue weighted by molar-refractivity contribution is 6.32. The second kappa shape index (κ2) is 6.92. The lowest BCUT2D eigenvalue weighted by Crippen LogP contribution is -2.24. The summed E-state index contributed by atoms with van der Waals surface area (Å²) in [6.45, 7) is 0.720. The Morgan fingerprint density at radius 2 is 1.96 bits per heavy atom. The average Bonchev–Trinajstić information content (AvgIpc) is 2.96. The number of guanidine groups is 1. The fourth-order valence-electron chi connectivity index (χ4n) is 2.94. The van der Waals surface area contributed by atoms with Crippen LogP contribution in [0.1, 0.15) is 11.1 Å². The van der Waals surface area contributed by atoms with E-state index in [0.717, 1.165) is 25.1 Å². The maximum Gasteiger partial charge on any atom is 0.193 e. The molecular formula is C18H20ClN3O. The summed E-state index contributed by atoms with van der Waals surface area (Å²) in [6.07, 6.45) is 2.14. The molecule has 0 radical (unpaired) electrons. The molecule has 4 nitrogen and oxygen atoms in total. The minimum atomic E-state index is 0.405. The first-order chi connectivity index (χ1) is 11.2. The number of anilines is 1. The van der Waals surface area contributed by atoms with Gasteiger partial charge < -0.3 is 15.8 Å². The van der Waals surface area contributed by atoms with E-state index in [1.54, 1.807) is 19.2 Å². The predicted molar refractivity (Wildman–Crippen MR) is 95.5 cm³/mol. The maximum absolute atomic E-state index is 6.10. The molecule has 0 heterocycles. The summed E-state index contributed by atoms with van der Waals surface area (Å²) >= 11 is 6.10. The Hall–Kier alpha value is -2.20. The molecule has 0 amide bonds. The zero-order valence-corrected chi connectivity index (χ0v) is 13.8. The van der Waals surface area contributed by atoms with E-state index in [-0.39, 0.29) is 0 Å². The van der Waals surface area contributed by atoms with Gasteiger partial charge in [0.15, 0.2) is 5.96 Å². The van der Waals surface area contributed by atoms with Gasteiger partial charge in [-0.3, -0.25) is 4.99 Å². The number of hydrogen-bond acceptors (Lipinski definition) is 2. The van der Waals surface area contributed by atoms with Crippen molar-refractivity contribution in [3.63, 3.8) is 0 Å². The van der Waals surface area contributed by atoms with Gasteiger partial charge in [-0.05, 0) is 48.1 Å². The summed E-state index contributed by atoms with van der Waals surface area (Å²) in [7, 11) is 1.59. The SMILES string of the molecule is COc1ccc(NC(N)=NCC2Cc3ccccc3C2)cc1Cl. The van der Waals surface area contributed by atoms with Crippen molar-refractivity contribution >= 4 is 23.2 Å². The summed E-state index contributed by atoms with van der Waals surface area (Å²) in [5, 5.41) is 3.61. The number of rotatable bonds is 4. The van der Waals surface area contributed by atoms with Crippen molar-refractivity contribution in [3.05, 3.63) is 58.6 Å². The normalized spacial score (nSPS) is 14.6. The number of ether oxygens (including phenoxy) is 1. The topological polar surface area (TPSA) is 59.6 Å². The number of halogens is 1. The molecule has 0 aliphatic heterocycles.